The Morgan fingerprint density at radius 2 is 1.86 bits per heavy atom. The molecule has 0 aliphatic rings. The second kappa shape index (κ2) is 8.87. The molecule has 0 aliphatic carbocycles. The molecule has 146 valence electrons. The van der Waals surface area contributed by atoms with E-state index in [4.69, 9.17) is 4.74 Å². The Bertz CT molecular complexity index is 948. The number of ether oxygens (including phenoxy) is 1. The van der Waals surface area contributed by atoms with E-state index >= 15 is 0 Å². The van der Waals surface area contributed by atoms with E-state index in [-0.39, 0.29) is 12.0 Å². The van der Waals surface area contributed by atoms with Crippen LogP contribution in [0.5, 0.6) is 0 Å². The molecule has 1 unspecified atom stereocenters. The average molecular weight is 377 g/mol. The van der Waals surface area contributed by atoms with Crippen molar-refractivity contribution < 1.29 is 9.53 Å². The number of fused-ring (bicyclic) bond motifs is 1. The van der Waals surface area contributed by atoms with Crippen LogP contribution >= 0.6 is 0 Å². The lowest BCUT2D eigenvalue weighted by Crippen LogP contribution is -2.14. The maximum Gasteiger partial charge on any atom is 0.338 e. The highest BCUT2D eigenvalue weighted by Crippen LogP contribution is 2.28. The zero-order chi connectivity index (χ0) is 20.1. The van der Waals surface area contributed by atoms with Crippen molar-refractivity contribution in [2.75, 3.05) is 11.9 Å². The molecule has 0 saturated heterocycles. The van der Waals surface area contributed by atoms with E-state index in [0.717, 1.165) is 28.6 Å². The van der Waals surface area contributed by atoms with E-state index in [1.807, 2.05) is 37.4 Å². The summed E-state index contributed by atoms with van der Waals surface area (Å²) in [5, 5.41) is 4.75. The largest absolute Gasteiger partial charge is 0.462 e. The van der Waals surface area contributed by atoms with E-state index in [0.29, 0.717) is 18.1 Å². The highest BCUT2D eigenvalue weighted by atomic mass is 16.5. The number of carbonyl (C=O) groups is 1. The summed E-state index contributed by atoms with van der Waals surface area (Å²) in [5.41, 5.74) is 4.93. The number of pyridine rings is 1. The number of aryl methyl sites for hydroxylation is 1. The fourth-order valence-electron chi connectivity index (χ4n) is 3.33. The van der Waals surface area contributed by atoms with E-state index in [1.54, 1.807) is 0 Å². The SMILES string of the molecule is CCOC(=O)c1ccc(C(CC(C)C)Nc2cnc3cc(C)ccc3c2)cc1. The third kappa shape index (κ3) is 4.89. The monoisotopic (exact) mass is 376 g/mol. The smallest absolute Gasteiger partial charge is 0.338 e. The minimum absolute atomic E-state index is 0.140. The summed E-state index contributed by atoms with van der Waals surface area (Å²) in [7, 11) is 0. The number of carbonyl (C=O) groups excluding carboxylic acids is 1. The molecular weight excluding hydrogens is 348 g/mol. The van der Waals surface area contributed by atoms with Gasteiger partial charge >= 0.3 is 5.97 Å². The van der Waals surface area contributed by atoms with Crippen LogP contribution < -0.4 is 5.32 Å². The first-order valence-electron chi connectivity index (χ1n) is 9.86. The van der Waals surface area contributed by atoms with Crippen molar-refractivity contribution in [2.24, 2.45) is 5.92 Å². The minimum Gasteiger partial charge on any atom is -0.462 e. The summed E-state index contributed by atoms with van der Waals surface area (Å²) in [5.74, 6) is 0.245. The Hall–Kier alpha value is -2.88. The third-order valence-electron chi connectivity index (χ3n) is 4.71. The molecule has 0 radical (unpaired) electrons. The maximum absolute atomic E-state index is 11.9. The van der Waals surface area contributed by atoms with Gasteiger partial charge in [-0.15, -0.1) is 0 Å². The molecule has 1 heterocycles. The number of nitrogens with zero attached hydrogens (tertiary/aromatic N) is 1. The van der Waals surface area contributed by atoms with E-state index in [9.17, 15) is 4.79 Å². The highest BCUT2D eigenvalue weighted by Gasteiger charge is 2.15. The summed E-state index contributed by atoms with van der Waals surface area (Å²) in [6.45, 7) is 8.69. The lowest BCUT2D eigenvalue weighted by Gasteiger charge is -2.22. The van der Waals surface area contributed by atoms with Crippen LogP contribution in [0.15, 0.2) is 54.7 Å². The Labute approximate surface area is 166 Å². The van der Waals surface area contributed by atoms with Crippen LogP contribution in [0.4, 0.5) is 5.69 Å². The normalized spacial score (nSPS) is 12.2. The highest BCUT2D eigenvalue weighted by molar-refractivity contribution is 5.89. The van der Waals surface area contributed by atoms with Gasteiger partial charge in [-0.2, -0.15) is 0 Å². The van der Waals surface area contributed by atoms with Crippen molar-refractivity contribution in [3.63, 3.8) is 0 Å². The number of aromatic nitrogens is 1. The van der Waals surface area contributed by atoms with Crippen molar-refractivity contribution in [1.29, 1.82) is 0 Å². The number of anilines is 1. The summed E-state index contributed by atoms with van der Waals surface area (Å²) in [4.78, 5) is 16.5. The molecule has 0 spiro atoms. The van der Waals surface area contributed by atoms with Gasteiger partial charge in [-0.3, -0.25) is 4.98 Å². The van der Waals surface area contributed by atoms with Gasteiger partial charge in [-0.1, -0.05) is 38.1 Å². The summed E-state index contributed by atoms with van der Waals surface area (Å²) >= 11 is 0. The molecule has 3 aromatic rings. The quantitative estimate of drug-likeness (QED) is 0.520. The molecule has 1 N–H and O–H groups in total. The van der Waals surface area contributed by atoms with Crippen LogP contribution in [-0.4, -0.2) is 17.6 Å². The van der Waals surface area contributed by atoms with Gasteiger partial charge in [0.15, 0.2) is 0 Å². The van der Waals surface area contributed by atoms with Crippen molar-refractivity contribution >= 4 is 22.6 Å². The minimum atomic E-state index is -0.281. The Balaban J connectivity index is 1.84. The number of nitrogens with one attached hydrogen (secondary N) is 1. The van der Waals surface area contributed by atoms with Crippen LogP contribution in [0, 0.1) is 12.8 Å². The van der Waals surface area contributed by atoms with Crippen molar-refractivity contribution in [1.82, 2.24) is 4.98 Å². The zero-order valence-electron chi connectivity index (χ0n) is 17.0. The zero-order valence-corrected chi connectivity index (χ0v) is 17.0. The van der Waals surface area contributed by atoms with E-state index < -0.39 is 0 Å². The second-order valence-corrected chi connectivity index (χ2v) is 7.59. The van der Waals surface area contributed by atoms with Crippen LogP contribution in [0.25, 0.3) is 10.9 Å². The lowest BCUT2D eigenvalue weighted by atomic mass is 9.96. The van der Waals surface area contributed by atoms with E-state index in [1.165, 1.54) is 5.56 Å². The Kier molecular flexibility index (Phi) is 6.30. The first-order valence-corrected chi connectivity index (χ1v) is 9.86. The van der Waals surface area contributed by atoms with Crippen molar-refractivity contribution in [3.05, 3.63) is 71.4 Å². The molecule has 2 aromatic carbocycles. The molecule has 0 amide bonds. The Morgan fingerprint density at radius 3 is 2.54 bits per heavy atom. The molecule has 0 saturated carbocycles. The summed E-state index contributed by atoms with van der Waals surface area (Å²) in [6, 6.07) is 16.3. The predicted octanol–water partition coefficient (Wildman–Crippen LogP) is 5.92. The molecule has 3 rings (SSSR count). The lowest BCUT2D eigenvalue weighted by molar-refractivity contribution is 0.0526. The van der Waals surface area contributed by atoms with Gasteiger partial charge in [-0.05, 0) is 61.6 Å². The average Bonchev–Trinajstić information content (AvgIpc) is 2.67. The number of benzene rings is 2. The maximum atomic E-state index is 11.9. The molecule has 0 bridgehead atoms. The number of rotatable bonds is 7. The van der Waals surface area contributed by atoms with Crippen LogP contribution in [0.2, 0.25) is 0 Å². The standard InChI is InChI=1S/C24H28N2O2/c1-5-28-24(27)19-10-8-18(9-11-19)23(12-16(2)3)26-21-14-20-7-6-17(4)13-22(20)25-15-21/h6-11,13-16,23,26H,5,12H2,1-4H3. The molecule has 0 fully saturated rings. The van der Waals surface area contributed by atoms with Gasteiger partial charge in [-0.25, -0.2) is 4.79 Å². The molecule has 4 heteroatoms. The first kappa shape index (κ1) is 19.9. The first-order chi connectivity index (χ1) is 13.5. The van der Waals surface area contributed by atoms with Crippen LogP contribution in [0.3, 0.4) is 0 Å². The summed E-state index contributed by atoms with van der Waals surface area (Å²) in [6.07, 6.45) is 2.87. The number of hydrogen-bond donors (Lipinski definition) is 1. The molecule has 4 nitrogen and oxygen atoms in total. The van der Waals surface area contributed by atoms with Crippen LogP contribution in [0.1, 0.15) is 54.7 Å². The Morgan fingerprint density at radius 1 is 1.11 bits per heavy atom. The van der Waals surface area contributed by atoms with Crippen molar-refractivity contribution in [2.45, 2.75) is 40.2 Å². The van der Waals surface area contributed by atoms with Gasteiger partial charge in [0.05, 0.1) is 35.6 Å². The van der Waals surface area contributed by atoms with Crippen molar-refractivity contribution in [3.8, 4) is 0 Å². The fraction of sp³-hybridized carbons (Fsp3) is 0.333. The summed E-state index contributed by atoms with van der Waals surface area (Å²) < 4.78 is 5.07. The third-order valence-corrected chi connectivity index (χ3v) is 4.71. The predicted molar refractivity (Wildman–Crippen MR) is 115 cm³/mol. The molecular formula is C24H28N2O2. The van der Waals surface area contributed by atoms with Gasteiger partial charge in [0, 0.05) is 5.39 Å². The second-order valence-electron chi connectivity index (χ2n) is 7.59. The molecule has 28 heavy (non-hydrogen) atoms. The van der Waals surface area contributed by atoms with Gasteiger partial charge in [0.25, 0.3) is 0 Å². The van der Waals surface area contributed by atoms with Gasteiger partial charge < -0.3 is 10.1 Å². The fourth-order valence-corrected chi connectivity index (χ4v) is 3.33. The number of esters is 1. The van der Waals surface area contributed by atoms with Gasteiger partial charge in [0.1, 0.15) is 0 Å². The number of hydrogen-bond acceptors (Lipinski definition) is 4. The molecule has 1 aromatic heterocycles. The van der Waals surface area contributed by atoms with Gasteiger partial charge in [0.2, 0.25) is 0 Å². The molecule has 1 atom stereocenters. The van der Waals surface area contributed by atoms with Crippen LogP contribution in [-0.2, 0) is 4.74 Å². The van der Waals surface area contributed by atoms with E-state index in [2.05, 4.69) is 55.3 Å². The topological polar surface area (TPSA) is 51.2 Å². The molecule has 0 aliphatic heterocycles.